The van der Waals surface area contributed by atoms with Crippen molar-refractivity contribution >= 4 is 38.5 Å². The van der Waals surface area contributed by atoms with Gasteiger partial charge in [0.05, 0.1) is 15.1 Å². The lowest BCUT2D eigenvalue weighted by Gasteiger charge is -2.03. The van der Waals surface area contributed by atoms with Gasteiger partial charge < -0.3 is 4.74 Å². The summed E-state index contributed by atoms with van der Waals surface area (Å²) in [5, 5.41) is 13.5. The second-order valence-corrected chi connectivity index (χ2v) is 5.28. The van der Waals surface area contributed by atoms with E-state index >= 15 is 0 Å². The number of nitro benzene ring substituents is 1. The van der Waals surface area contributed by atoms with Gasteiger partial charge >= 0.3 is 6.09 Å². The van der Waals surface area contributed by atoms with E-state index in [0.717, 1.165) is 10.2 Å². The Hall–Kier alpha value is -3.00. The van der Waals surface area contributed by atoms with Crippen molar-refractivity contribution in [1.82, 2.24) is 4.98 Å². The summed E-state index contributed by atoms with van der Waals surface area (Å²) in [4.78, 5) is 26.0. The van der Waals surface area contributed by atoms with Gasteiger partial charge in [-0.15, -0.1) is 0 Å². The van der Waals surface area contributed by atoms with Gasteiger partial charge in [0, 0.05) is 12.1 Å². The number of aromatic nitrogens is 1. The fraction of sp³-hybridized carbons (Fsp3) is 0. The maximum absolute atomic E-state index is 11.8. The summed E-state index contributed by atoms with van der Waals surface area (Å²) in [6.07, 6.45) is -0.701. The third-order valence-corrected chi connectivity index (χ3v) is 3.71. The fourth-order valence-corrected chi connectivity index (χ4v) is 2.63. The third-order valence-electron chi connectivity index (χ3n) is 2.76. The standard InChI is InChI=1S/C14H9N3O4S/c18-14(21-10-7-5-9(6-8-10)17(19)20)16-13-15-11-3-1-2-4-12(11)22-13/h1-8H,(H,15,16,18). The van der Waals surface area contributed by atoms with Gasteiger partial charge in [-0.05, 0) is 24.3 Å². The zero-order chi connectivity index (χ0) is 15.5. The third kappa shape index (κ3) is 3.01. The average Bonchev–Trinajstić information content (AvgIpc) is 2.89. The number of rotatable bonds is 3. The molecule has 22 heavy (non-hydrogen) atoms. The highest BCUT2D eigenvalue weighted by Gasteiger charge is 2.10. The normalized spacial score (nSPS) is 10.4. The van der Waals surface area contributed by atoms with E-state index in [1.807, 2.05) is 24.3 Å². The van der Waals surface area contributed by atoms with E-state index < -0.39 is 11.0 Å². The number of thiazole rings is 1. The molecule has 0 aliphatic carbocycles. The van der Waals surface area contributed by atoms with E-state index in [4.69, 9.17) is 4.74 Å². The zero-order valence-electron chi connectivity index (χ0n) is 11.1. The van der Waals surface area contributed by atoms with Gasteiger partial charge in [0.15, 0.2) is 5.13 Å². The molecule has 1 aromatic heterocycles. The van der Waals surface area contributed by atoms with Gasteiger partial charge in [-0.3, -0.25) is 15.4 Å². The molecule has 0 bridgehead atoms. The lowest BCUT2D eigenvalue weighted by molar-refractivity contribution is -0.384. The van der Waals surface area contributed by atoms with E-state index in [9.17, 15) is 14.9 Å². The summed E-state index contributed by atoms with van der Waals surface area (Å²) in [5.74, 6) is 0.212. The van der Waals surface area contributed by atoms with Crippen LogP contribution in [0.25, 0.3) is 10.2 Å². The Morgan fingerprint density at radius 3 is 2.59 bits per heavy atom. The van der Waals surface area contributed by atoms with E-state index in [2.05, 4.69) is 10.3 Å². The van der Waals surface area contributed by atoms with Crippen LogP contribution in [0.4, 0.5) is 15.6 Å². The Balaban J connectivity index is 1.68. The number of nitrogens with zero attached hydrogens (tertiary/aromatic N) is 2. The molecule has 0 saturated carbocycles. The Labute approximate surface area is 128 Å². The maximum atomic E-state index is 11.8. The second kappa shape index (κ2) is 5.78. The molecule has 2 aromatic carbocycles. The minimum absolute atomic E-state index is 0.0704. The van der Waals surface area contributed by atoms with Crippen molar-refractivity contribution < 1.29 is 14.5 Å². The van der Waals surface area contributed by atoms with Crippen LogP contribution in [-0.2, 0) is 0 Å². The number of nitro groups is 1. The number of non-ortho nitro benzene ring substituents is 1. The molecule has 0 saturated heterocycles. The van der Waals surface area contributed by atoms with Crippen LogP contribution < -0.4 is 10.1 Å². The molecule has 1 heterocycles. The number of ether oxygens (including phenoxy) is 1. The van der Waals surface area contributed by atoms with Crippen LogP contribution in [0.15, 0.2) is 48.5 Å². The maximum Gasteiger partial charge on any atom is 0.418 e. The summed E-state index contributed by atoms with van der Waals surface area (Å²) in [5.41, 5.74) is 0.720. The van der Waals surface area contributed by atoms with Gasteiger partial charge in [0.1, 0.15) is 5.75 Å². The van der Waals surface area contributed by atoms with Crippen molar-refractivity contribution in [3.63, 3.8) is 0 Å². The van der Waals surface area contributed by atoms with Crippen molar-refractivity contribution in [3.05, 3.63) is 58.6 Å². The predicted molar refractivity (Wildman–Crippen MR) is 82.4 cm³/mol. The second-order valence-electron chi connectivity index (χ2n) is 4.25. The highest BCUT2D eigenvalue weighted by molar-refractivity contribution is 7.22. The monoisotopic (exact) mass is 315 g/mol. The average molecular weight is 315 g/mol. The number of carbonyl (C=O) groups excluding carboxylic acids is 1. The summed E-state index contributed by atoms with van der Waals surface area (Å²) in [6, 6.07) is 12.7. The van der Waals surface area contributed by atoms with Crippen molar-refractivity contribution in [2.45, 2.75) is 0 Å². The van der Waals surface area contributed by atoms with Gasteiger partial charge in [0.25, 0.3) is 5.69 Å². The van der Waals surface area contributed by atoms with Gasteiger partial charge in [-0.1, -0.05) is 23.5 Å². The summed E-state index contributed by atoms with van der Waals surface area (Å²) in [6.45, 7) is 0. The lowest BCUT2D eigenvalue weighted by atomic mass is 10.3. The molecule has 0 radical (unpaired) electrons. The quantitative estimate of drug-likeness (QED) is 0.585. The van der Waals surface area contributed by atoms with E-state index in [0.29, 0.717) is 5.13 Å². The van der Waals surface area contributed by atoms with Crippen LogP contribution in [0.1, 0.15) is 0 Å². The summed E-state index contributed by atoms with van der Waals surface area (Å²) < 4.78 is 6.00. The Morgan fingerprint density at radius 2 is 1.91 bits per heavy atom. The molecule has 0 unspecified atom stereocenters. The topological polar surface area (TPSA) is 94.4 Å². The number of benzene rings is 2. The number of anilines is 1. The van der Waals surface area contributed by atoms with Crippen LogP contribution in [-0.4, -0.2) is 16.0 Å². The Morgan fingerprint density at radius 1 is 1.18 bits per heavy atom. The van der Waals surface area contributed by atoms with Crippen molar-refractivity contribution in [1.29, 1.82) is 0 Å². The molecule has 1 N–H and O–H groups in total. The van der Waals surface area contributed by atoms with E-state index in [1.54, 1.807) is 0 Å². The predicted octanol–water partition coefficient (Wildman–Crippen LogP) is 3.82. The SMILES string of the molecule is O=C(Nc1nc2ccccc2s1)Oc1ccc([N+](=O)[O-])cc1. The molecule has 7 nitrogen and oxygen atoms in total. The fourth-order valence-electron chi connectivity index (χ4n) is 1.78. The van der Waals surface area contributed by atoms with Gasteiger partial charge in [-0.2, -0.15) is 0 Å². The number of carbonyl (C=O) groups is 1. The first-order valence-corrected chi connectivity index (χ1v) is 7.02. The number of fused-ring (bicyclic) bond motifs is 1. The number of nitrogens with one attached hydrogen (secondary N) is 1. The molecule has 8 heteroatoms. The van der Waals surface area contributed by atoms with E-state index in [1.165, 1.54) is 35.6 Å². The minimum Gasteiger partial charge on any atom is -0.410 e. The molecular weight excluding hydrogens is 306 g/mol. The zero-order valence-corrected chi connectivity index (χ0v) is 11.9. The minimum atomic E-state index is -0.701. The number of hydrogen-bond donors (Lipinski definition) is 1. The van der Waals surface area contributed by atoms with Gasteiger partial charge in [0.2, 0.25) is 0 Å². The van der Waals surface area contributed by atoms with Crippen LogP contribution in [0.3, 0.4) is 0 Å². The number of para-hydroxylation sites is 1. The largest absolute Gasteiger partial charge is 0.418 e. The number of hydrogen-bond acceptors (Lipinski definition) is 6. The first-order chi connectivity index (χ1) is 10.6. The van der Waals surface area contributed by atoms with Crippen molar-refractivity contribution in [2.75, 3.05) is 5.32 Å². The molecule has 3 rings (SSSR count). The van der Waals surface area contributed by atoms with E-state index in [-0.39, 0.29) is 11.4 Å². The lowest BCUT2D eigenvalue weighted by Crippen LogP contribution is -2.16. The van der Waals surface area contributed by atoms with Crippen LogP contribution in [0, 0.1) is 10.1 Å². The highest BCUT2D eigenvalue weighted by Crippen LogP contribution is 2.25. The summed E-state index contributed by atoms with van der Waals surface area (Å²) >= 11 is 1.33. The molecule has 0 atom stereocenters. The van der Waals surface area contributed by atoms with Crippen molar-refractivity contribution in [2.24, 2.45) is 0 Å². The van der Waals surface area contributed by atoms with Crippen LogP contribution in [0.2, 0.25) is 0 Å². The highest BCUT2D eigenvalue weighted by atomic mass is 32.1. The molecule has 0 spiro atoms. The molecular formula is C14H9N3O4S. The van der Waals surface area contributed by atoms with Crippen molar-refractivity contribution in [3.8, 4) is 5.75 Å². The molecule has 0 aliphatic heterocycles. The molecule has 110 valence electrons. The van der Waals surface area contributed by atoms with Crippen LogP contribution in [0.5, 0.6) is 5.75 Å². The van der Waals surface area contributed by atoms with Crippen LogP contribution >= 0.6 is 11.3 Å². The van der Waals surface area contributed by atoms with Gasteiger partial charge in [-0.25, -0.2) is 9.78 Å². The first-order valence-electron chi connectivity index (χ1n) is 6.21. The Kier molecular flexibility index (Phi) is 3.67. The number of amides is 1. The molecule has 0 fully saturated rings. The smallest absolute Gasteiger partial charge is 0.410 e. The molecule has 0 aliphatic rings. The molecule has 3 aromatic rings. The molecule has 1 amide bonds. The first kappa shape index (κ1) is 14.0. The summed E-state index contributed by atoms with van der Waals surface area (Å²) in [7, 11) is 0. The Bertz CT molecular complexity index is 812.